The lowest BCUT2D eigenvalue weighted by Crippen LogP contribution is -2.60. The molecule has 1 aliphatic heterocycles. The summed E-state index contributed by atoms with van der Waals surface area (Å²) in [5.41, 5.74) is 1.33. The van der Waals surface area contributed by atoms with E-state index in [4.69, 9.17) is 16.3 Å². The third kappa shape index (κ3) is 7.26. The predicted octanol–water partition coefficient (Wildman–Crippen LogP) is 5.41. The number of anilines is 2. The molecule has 9 heteroatoms. The van der Waals surface area contributed by atoms with Gasteiger partial charge in [-0.2, -0.15) is 0 Å². The van der Waals surface area contributed by atoms with Gasteiger partial charge < -0.3 is 19.4 Å². The Morgan fingerprint density at radius 1 is 1.08 bits per heavy atom. The standard InChI is InChI=1S/C29H33BrClN3O4/c1-6-14-32(15-7-2)23-13-12-22(31)19-24(23)33-16-17-34(27(36)26(33)35)25(28(37)38-29(3,4)5)18-20-8-10-21(30)11-9-20/h6-13,19,25H,1-2,14-18H2,3-5H3. The average molecular weight is 603 g/mol. The molecular formula is C29H33BrClN3O4. The molecule has 38 heavy (non-hydrogen) atoms. The number of nitrogens with zero attached hydrogens (tertiary/aromatic N) is 3. The van der Waals surface area contributed by atoms with Crippen LogP contribution in [0.15, 0.2) is 72.2 Å². The number of ether oxygens (including phenoxy) is 1. The van der Waals surface area contributed by atoms with Crippen LogP contribution in [0.5, 0.6) is 0 Å². The maximum Gasteiger partial charge on any atom is 0.329 e. The lowest BCUT2D eigenvalue weighted by atomic mass is 10.0. The van der Waals surface area contributed by atoms with Crippen molar-refractivity contribution in [1.82, 2.24) is 4.90 Å². The molecule has 2 amide bonds. The normalized spacial score (nSPS) is 14.8. The summed E-state index contributed by atoms with van der Waals surface area (Å²) in [6.07, 6.45) is 3.72. The van der Waals surface area contributed by atoms with Crippen LogP contribution in [0, 0.1) is 0 Å². The van der Waals surface area contributed by atoms with E-state index in [9.17, 15) is 14.4 Å². The summed E-state index contributed by atoms with van der Waals surface area (Å²) >= 11 is 9.72. The van der Waals surface area contributed by atoms with E-state index >= 15 is 0 Å². The van der Waals surface area contributed by atoms with Gasteiger partial charge in [0, 0.05) is 42.1 Å². The van der Waals surface area contributed by atoms with Crippen LogP contribution in [0.2, 0.25) is 5.02 Å². The summed E-state index contributed by atoms with van der Waals surface area (Å²) < 4.78 is 6.55. The van der Waals surface area contributed by atoms with Gasteiger partial charge in [0.15, 0.2) is 0 Å². The van der Waals surface area contributed by atoms with Gasteiger partial charge in [0.2, 0.25) is 0 Å². The minimum absolute atomic E-state index is 0.153. The molecule has 202 valence electrons. The largest absolute Gasteiger partial charge is 0.458 e. The summed E-state index contributed by atoms with van der Waals surface area (Å²) in [5.74, 6) is -2.06. The SMILES string of the molecule is C=CCN(CC=C)c1ccc(Cl)cc1N1CCN(C(Cc2ccc(Br)cc2)C(=O)OC(C)(C)C)C(=O)C1=O. The Hall–Kier alpha value is -3.10. The van der Waals surface area contributed by atoms with Crippen molar-refractivity contribution < 1.29 is 19.1 Å². The third-order valence-electron chi connectivity index (χ3n) is 5.92. The molecule has 0 bridgehead atoms. The number of benzene rings is 2. The highest BCUT2D eigenvalue weighted by molar-refractivity contribution is 9.10. The highest BCUT2D eigenvalue weighted by Gasteiger charge is 2.42. The third-order valence-corrected chi connectivity index (χ3v) is 6.68. The minimum atomic E-state index is -0.953. The first kappa shape index (κ1) is 29.5. The number of piperazine rings is 1. The topological polar surface area (TPSA) is 70.2 Å². The monoisotopic (exact) mass is 601 g/mol. The molecule has 1 saturated heterocycles. The number of esters is 1. The first-order valence-corrected chi connectivity index (χ1v) is 13.5. The quantitative estimate of drug-likeness (QED) is 0.207. The fraction of sp³-hybridized carbons (Fsp3) is 0.345. The van der Waals surface area contributed by atoms with Crippen molar-refractivity contribution in [3.8, 4) is 0 Å². The van der Waals surface area contributed by atoms with E-state index in [1.807, 2.05) is 35.2 Å². The molecule has 1 atom stereocenters. The highest BCUT2D eigenvalue weighted by atomic mass is 79.9. The first-order chi connectivity index (χ1) is 17.9. The molecule has 1 aliphatic rings. The molecule has 7 nitrogen and oxygen atoms in total. The van der Waals surface area contributed by atoms with Crippen molar-refractivity contribution in [1.29, 1.82) is 0 Å². The Balaban J connectivity index is 1.94. The smallest absolute Gasteiger partial charge is 0.329 e. The van der Waals surface area contributed by atoms with Crippen LogP contribution in [-0.4, -0.2) is 60.5 Å². The minimum Gasteiger partial charge on any atom is -0.458 e. The lowest BCUT2D eigenvalue weighted by Gasteiger charge is -2.39. The molecule has 1 fully saturated rings. The van der Waals surface area contributed by atoms with Crippen LogP contribution in [0.25, 0.3) is 0 Å². The predicted molar refractivity (Wildman–Crippen MR) is 156 cm³/mol. The number of hydrogen-bond acceptors (Lipinski definition) is 5. The van der Waals surface area contributed by atoms with Crippen molar-refractivity contribution in [2.45, 2.75) is 38.8 Å². The van der Waals surface area contributed by atoms with E-state index in [-0.39, 0.29) is 19.5 Å². The Labute approximate surface area is 237 Å². The molecule has 3 rings (SSSR count). The molecular weight excluding hydrogens is 570 g/mol. The Morgan fingerprint density at radius 3 is 2.29 bits per heavy atom. The van der Waals surface area contributed by atoms with Crippen LogP contribution in [0.1, 0.15) is 26.3 Å². The van der Waals surface area contributed by atoms with Crippen molar-refractivity contribution in [2.75, 3.05) is 36.0 Å². The van der Waals surface area contributed by atoms with E-state index in [1.165, 1.54) is 9.80 Å². The van der Waals surface area contributed by atoms with Crippen LogP contribution in [0.4, 0.5) is 11.4 Å². The van der Waals surface area contributed by atoms with Gasteiger partial charge in [-0.15, -0.1) is 13.2 Å². The molecule has 0 saturated carbocycles. The summed E-state index contributed by atoms with van der Waals surface area (Å²) in [7, 11) is 0. The molecule has 0 aliphatic carbocycles. The zero-order valence-corrected chi connectivity index (χ0v) is 24.3. The number of amides is 2. The second kappa shape index (κ2) is 12.6. The molecule has 0 radical (unpaired) electrons. The highest BCUT2D eigenvalue weighted by Crippen LogP contribution is 2.34. The average Bonchev–Trinajstić information content (AvgIpc) is 2.84. The maximum atomic E-state index is 13.5. The van der Waals surface area contributed by atoms with Crippen LogP contribution < -0.4 is 9.80 Å². The Bertz CT molecular complexity index is 1200. The van der Waals surface area contributed by atoms with Crippen LogP contribution in [-0.2, 0) is 25.5 Å². The number of carbonyl (C=O) groups is 3. The summed E-state index contributed by atoms with van der Waals surface area (Å²) in [4.78, 5) is 45.0. The molecule has 1 unspecified atom stereocenters. The number of hydrogen-bond donors (Lipinski definition) is 0. The lowest BCUT2D eigenvalue weighted by molar-refractivity contribution is -0.166. The van der Waals surface area contributed by atoms with E-state index in [1.54, 1.807) is 45.1 Å². The van der Waals surface area contributed by atoms with Crippen molar-refractivity contribution in [2.24, 2.45) is 0 Å². The van der Waals surface area contributed by atoms with Gasteiger partial charge in [-0.3, -0.25) is 9.59 Å². The second-order valence-electron chi connectivity index (χ2n) is 9.95. The van der Waals surface area contributed by atoms with Gasteiger partial charge in [-0.1, -0.05) is 51.8 Å². The first-order valence-electron chi connectivity index (χ1n) is 12.3. The number of halogens is 2. The van der Waals surface area contributed by atoms with Gasteiger partial charge >= 0.3 is 17.8 Å². The second-order valence-corrected chi connectivity index (χ2v) is 11.3. The van der Waals surface area contributed by atoms with E-state index in [0.29, 0.717) is 23.8 Å². The van der Waals surface area contributed by atoms with Gasteiger partial charge in [0.1, 0.15) is 11.6 Å². The molecule has 1 heterocycles. The van der Waals surface area contributed by atoms with Crippen molar-refractivity contribution >= 4 is 56.7 Å². The van der Waals surface area contributed by atoms with Gasteiger partial charge in [0.25, 0.3) is 0 Å². The zero-order chi connectivity index (χ0) is 28.0. The number of rotatable bonds is 10. The van der Waals surface area contributed by atoms with Crippen molar-refractivity contribution in [3.05, 3.63) is 82.8 Å². The number of carbonyl (C=O) groups excluding carboxylic acids is 3. The fourth-order valence-electron chi connectivity index (χ4n) is 4.27. The van der Waals surface area contributed by atoms with E-state index in [2.05, 4.69) is 29.1 Å². The fourth-order valence-corrected chi connectivity index (χ4v) is 4.70. The maximum absolute atomic E-state index is 13.5. The summed E-state index contributed by atoms with van der Waals surface area (Å²) in [6, 6.07) is 11.7. The van der Waals surface area contributed by atoms with Gasteiger partial charge in [-0.05, 0) is 56.7 Å². The summed E-state index contributed by atoms with van der Waals surface area (Å²) in [5, 5.41) is 0.436. The molecule has 0 N–H and O–H groups in total. The van der Waals surface area contributed by atoms with Gasteiger partial charge in [-0.25, -0.2) is 4.79 Å². The summed E-state index contributed by atoms with van der Waals surface area (Å²) in [6.45, 7) is 14.3. The molecule has 2 aromatic carbocycles. The Kier molecular flexibility index (Phi) is 9.79. The van der Waals surface area contributed by atoms with Crippen molar-refractivity contribution in [3.63, 3.8) is 0 Å². The Morgan fingerprint density at radius 2 is 1.71 bits per heavy atom. The van der Waals surface area contributed by atoms with E-state index in [0.717, 1.165) is 15.7 Å². The van der Waals surface area contributed by atoms with Crippen LogP contribution in [0.3, 0.4) is 0 Å². The van der Waals surface area contributed by atoms with E-state index < -0.39 is 29.4 Å². The zero-order valence-electron chi connectivity index (χ0n) is 22.0. The molecule has 0 spiro atoms. The van der Waals surface area contributed by atoms with Gasteiger partial charge in [0.05, 0.1) is 11.4 Å². The molecule has 0 aromatic heterocycles. The van der Waals surface area contributed by atoms with Crippen LogP contribution >= 0.6 is 27.5 Å². The molecule has 2 aromatic rings.